The Morgan fingerprint density at radius 3 is 1.45 bits per heavy atom. The minimum Gasteiger partial charge on any atom is -0.140 e. The van der Waals surface area contributed by atoms with E-state index < -0.39 is 13.4 Å². The number of halogens is 4. The van der Waals surface area contributed by atoms with Crippen LogP contribution in [0.4, 0.5) is 0 Å². The third kappa shape index (κ3) is 5.27. The van der Waals surface area contributed by atoms with Crippen LogP contribution in [0.3, 0.4) is 0 Å². The lowest BCUT2D eigenvalue weighted by atomic mass is 9.84. The molecule has 0 radical (unpaired) electrons. The van der Waals surface area contributed by atoms with Crippen LogP contribution in [0.5, 0.6) is 0 Å². The fraction of sp³-hybridized carbons (Fsp3) is 0.0625. The van der Waals surface area contributed by atoms with Crippen LogP contribution < -0.4 is 0 Å². The fourth-order valence-corrected chi connectivity index (χ4v) is 20.9. The maximum atomic E-state index is 7.69. The first-order valence-electron chi connectivity index (χ1n) is 12.4. The molecule has 1 aliphatic rings. The molecule has 0 fully saturated rings. The van der Waals surface area contributed by atoms with Gasteiger partial charge in [0.1, 0.15) is 0 Å². The number of allylic oxidation sites excluding steroid dienone is 3. The highest BCUT2D eigenvalue weighted by Crippen LogP contribution is 2.59. The van der Waals surface area contributed by atoms with Crippen molar-refractivity contribution in [1.29, 1.82) is 0 Å². The van der Waals surface area contributed by atoms with Crippen LogP contribution in [-0.2, 0) is 0 Å². The standard InChI is InChI=1S/C32H26Cl4Si2/c1-2-37(33,34)29-23-28(24-15-7-3-8-16-24)30(25-17-9-4-10-18-25)31(26-19-11-5-12-20-26)32(38(29,35)36)27-21-13-6-14-22-27/h2-22,29H,1,23H2/t29-/m1/s1. The van der Waals surface area contributed by atoms with E-state index in [-0.39, 0.29) is 5.16 Å². The van der Waals surface area contributed by atoms with Gasteiger partial charge in [-0.25, -0.2) is 0 Å². The van der Waals surface area contributed by atoms with Gasteiger partial charge in [0.2, 0.25) is 0 Å². The van der Waals surface area contributed by atoms with Crippen molar-refractivity contribution >= 4 is 79.6 Å². The highest BCUT2D eigenvalue weighted by molar-refractivity contribution is 7.62. The number of benzene rings is 4. The summed E-state index contributed by atoms with van der Waals surface area (Å²) in [5.41, 5.74) is 9.18. The second-order valence-electron chi connectivity index (χ2n) is 9.33. The summed E-state index contributed by atoms with van der Waals surface area (Å²) in [6.45, 7) is -2.48. The molecule has 0 nitrogen and oxygen atoms in total. The van der Waals surface area contributed by atoms with Gasteiger partial charge in [-0.05, 0) is 50.6 Å². The molecule has 0 saturated heterocycles. The van der Waals surface area contributed by atoms with Gasteiger partial charge in [-0.2, -0.15) is 0 Å². The van der Waals surface area contributed by atoms with Gasteiger partial charge in [-0.3, -0.25) is 0 Å². The molecule has 4 aromatic carbocycles. The molecule has 4 aromatic rings. The molecule has 6 heteroatoms. The van der Waals surface area contributed by atoms with Crippen LogP contribution in [0, 0.1) is 0 Å². The van der Waals surface area contributed by atoms with E-state index in [1.165, 1.54) is 0 Å². The summed E-state index contributed by atoms with van der Waals surface area (Å²) >= 11 is 29.7. The summed E-state index contributed by atoms with van der Waals surface area (Å²) in [5, 5.41) is 0.590. The van der Waals surface area contributed by atoms with E-state index in [2.05, 4.69) is 91.5 Å². The van der Waals surface area contributed by atoms with Crippen LogP contribution in [0.2, 0.25) is 5.16 Å². The van der Waals surface area contributed by atoms with Gasteiger partial charge in [0.05, 0.1) is 0 Å². The molecule has 0 spiro atoms. The molecule has 1 aliphatic heterocycles. The number of rotatable bonds is 6. The minimum atomic E-state index is -3.38. The van der Waals surface area contributed by atoms with E-state index >= 15 is 0 Å². The monoisotopic (exact) mass is 606 g/mol. The molecular weight excluding hydrogens is 582 g/mol. The first kappa shape index (κ1) is 27.3. The van der Waals surface area contributed by atoms with Crippen molar-refractivity contribution in [3.8, 4) is 0 Å². The van der Waals surface area contributed by atoms with Gasteiger partial charge < -0.3 is 0 Å². The third-order valence-corrected chi connectivity index (χ3v) is 21.1. The molecule has 0 unspecified atom stereocenters. The molecule has 0 N–H and O–H groups in total. The van der Waals surface area contributed by atoms with Crippen LogP contribution in [0.25, 0.3) is 21.9 Å². The maximum Gasteiger partial charge on any atom is 0.285 e. The van der Waals surface area contributed by atoms with E-state index in [0.29, 0.717) is 6.42 Å². The lowest BCUT2D eigenvalue weighted by Crippen LogP contribution is -2.42. The molecule has 1 atom stereocenters. The van der Waals surface area contributed by atoms with Crippen molar-refractivity contribution in [3.05, 3.63) is 156 Å². The van der Waals surface area contributed by atoms with E-state index in [1.54, 1.807) is 5.70 Å². The lowest BCUT2D eigenvalue weighted by Gasteiger charge is -2.35. The Balaban J connectivity index is 2.02. The summed E-state index contributed by atoms with van der Waals surface area (Å²) in [7, 11) is 0. The summed E-state index contributed by atoms with van der Waals surface area (Å²) in [6.07, 6.45) is 0.547. The first-order valence-corrected chi connectivity index (χ1v) is 20.7. The van der Waals surface area contributed by atoms with Crippen LogP contribution in [0.1, 0.15) is 28.7 Å². The van der Waals surface area contributed by atoms with E-state index in [0.717, 1.165) is 44.2 Å². The fourth-order valence-electron chi connectivity index (χ4n) is 5.23. The molecule has 190 valence electrons. The molecule has 0 aliphatic carbocycles. The molecule has 1 heterocycles. The largest absolute Gasteiger partial charge is 0.285 e. The van der Waals surface area contributed by atoms with Gasteiger partial charge in [0.15, 0.2) is 0 Å². The van der Waals surface area contributed by atoms with Crippen molar-refractivity contribution in [2.24, 2.45) is 0 Å². The minimum absolute atomic E-state index is 0.343. The quantitative estimate of drug-likeness (QED) is 0.151. The van der Waals surface area contributed by atoms with Crippen LogP contribution in [-0.4, -0.2) is 13.4 Å². The average Bonchev–Trinajstić information content (AvgIpc) is 3.06. The Morgan fingerprint density at radius 1 is 0.605 bits per heavy atom. The number of hydrogen-bond acceptors (Lipinski definition) is 0. The van der Waals surface area contributed by atoms with E-state index in [1.807, 2.05) is 36.4 Å². The summed E-state index contributed by atoms with van der Waals surface area (Å²) in [6, 6.07) is 41.5. The smallest absolute Gasteiger partial charge is 0.140 e. The maximum absolute atomic E-state index is 7.69. The zero-order valence-electron chi connectivity index (χ0n) is 20.6. The zero-order valence-corrected chi connectivity index (χ0v) is 25.7. The third-order valence-electron chi connectivity index (χ3n) is 7.03. The molecule has 0 bridgehead atoms. The Kier molecular flexibility index (Phi) is 8.20. The van der Waals surface area contributed by atoms with Crippen molar-refractivity contribution in [2.75, 3.05) is 0 Å². The van der Waals surface area contributed by atoms with Gasteiger partial charge in [0, 0.05) is 5.16 Å². The van der Waals surface area contributed by atoms with Crippen molar-refractivity contribution in [2.45, 2.75) is 11.6 Å². The lowest BCUT2D eigenvalue weighted by molar-refractivity contribution is 1.12. The average molecular weight is 609 g/mol. The van der Waals surface area contributed by atoms with Gasteiger partial charge in [0.25, 0.3) is 13.4 Å². The highest BCUT2D eigenvalue weighted by atomic mass is 35.7. The van der Waals surface area contributed by atoms with Crippen molar-refractivity contribution in [3.63, 3.8) is 0 Å². The Morgan fingerprint density at radius 2 is 1.00 bits per heavy atom. The molecule has 0 saturated carbocycles. The molecular formula is C32H26Cl4Si2. The summed E-state index contributed by atoms with van der Waals surface area (Å²) in [5.74, 6) is 0. The van der Waals surface area contributed by atoms with Gasteiger partial charge in [-0.15, -0.1) is 50.9 Å². The van der Waals surface area contributed by atoms with Gasteiger partial charge in [-0.1, -0.05) is 127 Å². The van der Waals surface area contributed by atoms with Crippen molar-refractivity contribution < 1.29 is 0 Å². The zero-order chi connectivity index (χ0) is 26.8. The SMILES string of the molecule is C=C[Si](Cl)(Cl)[C@H]1CC(c2ccccc2)=C(c2ccccc2)C(c2ccccc2)=C(c2ccccc2)[Si]1(Cl)Cl. The van der Waals surface area contributed by atoms with Gasteiger partial charge >= 0.3 is 0 Å². The van der Waals surface area contributed by atoms with Crippen LogP contribution >= 0.6 is 44.3 Å². The summed E-state index contributed by atoms with van der Waals surface area (Å²) < 4.78 is 0. The first-order chi connectivity index (χ1) is 18.3. The second-order valence-corrected chi connectivity index (χ2v) is 23.3. The molecule has 0 amide bonds. The van der Waals surface area contributed by atoms with E-state index in [4.69, 9.17) is 44.3 Å². The molecule has 5 rings (SSSR count). The Hall–Kier alpha value is -2.31. The Labute approximate surface area is 245 Å². The highest BCUT2D eigenvalue weighted by Gasteiger charge is 2.56. The predicted molar refractivity (Wildman–Crippen MR) is 173 cm³/mol. The van der Waals surface area contributed by atoms with Crippen molar-refractivity contribution in [1.82, 2.24) is 0 Å². The molecule has 0 aromatic heterocycles. The molecule has 38 heavy (non-hydrogen) atoms. The topological polar surface area (TPSA) is 0 Å². The predicted octanol–water partition coefficient (Wildman–Crippen LogP) is 10.6. The Bertz CT molecular complexity index is 1480. The normalized spacial score (nSPS) is 17.7. The van der Waals surface area contributed by atoms with Crippen LogP contribution in [0.15, 0.2) is 134 Å². The second kappa shape index (κ2) is 11.4. The van der Waals surface area contributed by atoms with E-state index in [9.17, 15) is 0 Å². The number of hydrogen-bond donors (Lipinski definition) is 0. The summed E-state index contributed by atoms with van der Waals surface area (Å²) in [4.78, 5) is 0.